The number of nitrogens with two attached hydrogens (primary N) is 1. The first kappa shape index (κ1) is 13.7. The third-order valence-corrected chi connectivity index (χ3v) is 4.56. The lowest BCUT2D eigenvalue weighted by molar-refractivity contribution is -0.0516. The monoisotopic (exact) mass is 260 g/mol. The molecule has 2 N–H and O–H groups in total. The summed E-state index contributed by atoms with van der Waals surface area (Å²) in [6, 6.07) is -0.750. The molecule has 1 aliphatic rings. The summed E-state index contributed by atoms with van der Waals surface area (Å²) in [5.74, 6) is -0.143. The third kappa shape index (κ3) is 2.33. The van der Waals surface area contributed by atoms with Gasteiger partial charge in [-0.3, -0.25) is 0 Å². The summed E-state index contributed by atoms with van der Waals surface area (Å²) in [7, 11) is -5.24. The molecule has 1 saturated heterocycles. The minimum absolute atomic E-state index is 0.0868. The van der Waals surface area contributed by atoms with Crippen LogP contribution in [0, 0.1) is 5.92 Å². The van der Waals surface area contributed by atoms with Gasteiger partial charge in [0, 0.05) is 19.1 Å². The van der Waals surface area contributed by atoms with E-state index in [1.165, 1.54) is 0 Å². The lowest BCUT2D eigenvalue weighted by Crippen LogP contribution is -2.54. The van der Waals surface area contributed by atoms with Crippen molar-refractivity contribution in [1.29, 1.82) is 0 Å². The third-order valence-electron chi connectivity index (χ3n) is 2.91. The number of nitrogens with zero attached hydrogens (tertiary/aromatic N) is 1. The quantitative estimate of drug-likeness (QED) is 0.802. The molecular formula is C8H15F3N2O2S. The molecule has 0 aliphatic carbocycles. The highest BCUT2D eigenvalue weighted by Crippen LogP contribution is 2.33. The number of halogens is 3. The molecule has 16 heavy (non-hydrogen) atoms. The van der Waals surface area contributed by atoms with Crippen LogP contribution in [-0.4, -0.2) is 37.4 Å². The predicted octanol–water partition coefficient (Wildman–Crippen LogP) is 0.895. The van der Waals surface area contributed by atoms with E-state index < -0.39 is 21.6 Å². The average Bonchev–Trinajstić information content (AvgIpc) is 2.15. The predicted molar refractivity (Wildman–Crippen MR) is 52.9 cm³/mol. The molecular weight excluding hydrogens is 245 g/mol. The Kier molecular flexibility index (Phi) is 3.86. The van der Waals surface area contributed by atoms with Gasteiger partial charge in [-0.1, -0.05) is 6.92 Å². The van der Waals surface area contributed by atoms with Gasteiger partial charge < -0.3 is 5.73 Å². The SMILES string of the molecule is CC1CCCN(S(=O)(=O)C(F)(F)F)C1CN. The lowest BCUT2D eigenvalue weighted by atomic mass is 9.93. The van der Waals surface area contributed by atoms with E-state index in [-0.39, 0.29) is 19.0 Å². The maximum atomic E-state index is 12.4. The van der Waals surface area contributed by atoms with Crippen molar-refractivity contribution < 1.29 is 21.6 Å². The number of piperidine rings is 1. The molecule has 1 aliphatic heterocycles. The van der Waals surface area contributed by atoms with E-state index in [2.05, 4.69) is 0 Å². The fourth-order valence-corrected chi connectivity index (χ4v) is 3.28. The number of alkyl halides is 3. The highest BCUT2D eigenvalue weighted by atomic mass is 32.2. The van der Waals surface area contributed by atoms with Crippen LogP contribution in [0.15, 0.2) is 0 Å². The molecule has 96 valence electrons. The molecule has 1 rings (SSSR count). The Bertz CT molecular complexity index is 342. The van der Waals surface area contributed by atoms with Gasteiger partial charge in [0.15, 0.2) is 0 Å². The summed E-state index contributed by atoms with van der Waals surface area (Å²) in [5.41, 5.74) is 0.112. The maximum Gasteiger partial charge on any atom is 0.511 e. The van der Waals surface area contributed by atoms with E-state index in [4.69, 9.17) is 5.73 Å². The summed E-state index contributed by atoms with van der Waals surface area (Å²) < 4.78 is 60.2. The standard InChI is InChI=1S/C8H15F3N2O2S/c1-6-3-2-4-13(7(6)5-12)16(14,15)8(9,10)11/h6-7H,2-5,12H2,1H3. The summed E-state index contributed by atoms with van der Waals surface area (Å²) >= 11 is 0. The average molecular weight is 260 g/mol. The van der Waals surface area contributed by atoms with Crippen molar-refractivity contribution >= 4 is 10.0 Å². The first-order valence-electron chi connectivity index (χ1n) is 5.00. The smallest absolute Gasteiger partial charge is 0.329 e. The maximum absolute atomic E-state index is 12.4. The van der Waals surface area contributed by atoms with E-state index in [0.29, 0.717) is 17.1 Å². The highest BCUT2D eigenvalue weighted by Gasteiger charge is 2.52. The summed E-state index contributed by atoms with van der Waals surface area (Å²) in [5, 5.41) is 0. The fraction of sp³-hybridized carbons (Fsp3) is 1.00. The second kappa shape index (κ2) is 4.50. The number of hydrogen-bond acceptors (Lipinski definition) is 3. The Hall–Kier alpha value is -0.340. The van der Waals surface area contributed by atoms with E-state index in [1.54, 1.807) is 6.92 Å². The largest absolute Gasteiger partial charge is 0.511 e. The molecule has 0 bridgehead atoms. The molecule has 1 fully saturated rings. The van der Waals surface area contributed by atoms with Gasteiger partial charge in [0.1, 0.15) is 0 Å². The van der Waals surface area contributed by atoms with Gasteiger partial charge in [-0.15, -0.1) is 0 Å². The van der Waals surface area contributed by atoms with E-state index in [9.17, 15) is 21.6 Å². The number of sulfonamides is 1. The second-order valence-corrected chi connectivity index (χ2v) is 5.87. The minimum Gasteiger partial charge on any atom is -0.329 e. The Balaban J connectivity index is 3.02. The summed E-state index contributed by atoms with van der Waals surface area (Å²) in [4.78, 5) is 0. The van der Waals surface area contributed by atoms with E-state index >= 15 is 0 Å². The first-order chi connectivity index (χ1) is 7.21. The molecule has 0 aromatic heterocycles. The van der Waals surface area contributed by atoms with E-state index in [1.807, 2.05) is 0 Å². The van der Waals surface area contributed by atoms with Crippen molar-refractivity contribution in [2.75, 3.05) is 13.1 Å². The molecule has 0 spiro atoms. The Labute approximate surface area is 92.6 Å². The number of rotatable bonds is 2. The normalized spacial score (nSPS) is 29.3. The fourth-order valence-electron chi connectivity index (χ4n) is 1.99. The molecule has 1 heterocycles. The molecule has 4 nitrogen and oxygen atoms in total. The van der Waals surface area contributed by atoms with Crippen molar-refractivity contribution in [2.24, 2.45) is 11.7 Å². The molecule has 0 radical (unpaired) electrons. The minimum atomic E-state index is -5.24. The topological polar surface area (TPSA) is 63.4 Å². The Morgan fingerprint density at radius 3 is 2.44 bits per heavy atom. The Morgan fingerprint density at radius 2 is 2.00 bits per heavy atom. The van der Waals surface area contributed by atoms with Crippen molar-refractivity contribution in [3.05, 3.63) is 0 Å². The van der Waals surface area contributed by atoms with Gasteiger partial charge in [-0.25, -0.2) is 8.42 Å². The highest BCUT2D eigenvalue weighted by molar-refractivity contribution is 7.90. The van der Waals surface area contributed by atoms with Crippen LogP contribution in [-0.2, 0) is 10.0 Å². The van der Waals surface area contributed by atoms with Gasteiger partial charge in [-0.05, 0) is 18.8 Å². The molecule has 2 unspecified atom stereocenters. The van der Waals surface area contributed by atoms with Crippen LogP contribution < -0.4 is 5.73 Å². The van der Waals surface area contributed by atoms with Crippen LogP contribution in [0.2, 0.25) is 0 Å². The van der Waals surface area contributed by atoms with Crippen LogP contribution in [0.3, 0.4) is 0 Å². The molecule has 0 amide bonds. The van der Waals surface area contributed by atoms with Crippen molar-refractivity contribution in [1.82, 2.24) is 4.31 Å². The molecule has 2 atom stereocenters. The van der Waals surface area contributed by atoms with Crippen LogP contribution in [0.4, 0.5) is 13.2 Å². The zero-order chi connectivity index (χ0) is 12.6. The van der Waals surface area contributed by atoms with Crippen molar-refractivity contribution in [3.8, 4) is 0 Å². The van der Waals surface area contributed by atoms with Crippen LogP contribution in [0.1, 0.15) is 19.8 Å². The van der Waals surface area contributed by atoms with Gasteiger partial charge in [-0.2, -0.15) is 17.5 Å². The molecule has 0 saturated carbocycles. The first-order valence-corrected chi connectivity index (χ1v) is 6.44. The van der Waals surface area contributed by atoms with Crippen molar-refractivity contribution in [3.63, 3.8) is 0 Å². The van der Waals surface area contributed by atoms with E-state index in [0.717, 1.165) is 0 Å². The summed E-state index contributed by atoms with van der Waals surface area (Å²) in [6.07, 6.45) is 1.14. The Morgan fingerprint density at radius 1 is 1.44 bits per heavy atom. The zero-order valence-electron chi connectivity index (χ0n) is 8.87. The van der Waals surface area contributed by atoms with Crippen LogP contribution >= 0.6 is 0 Å². The second-order valence-electron chi connectivity index (χ2n) is 3.98. The molecule has 8 heteroatoms. The van der Waals surface area contributed by atoms with Crippen molar-refractivity contribution in [2.45, 2.75) is 31.3 Å². The molecule has 0 aromatic carbocycles. The van der Waals surface area contributed by atoms with Gasteiger partial charge in [0.2, 0.25) is 0 Å². The van der Waals surface area contributed by atoms with Gasteiger partial charge in [0.25, 0.3) is 0 Å². The van der Waals surface area contributed by atoms with Gasteiger partial charge in [0.05, 0.1) is 0 Å². The lowest BCUT2D eigenvalue weighted by Gasteiger charge is -2.38. The number of hydrogen-bond donors (Lipinski definition) is 1. The van der Waals surface area contributed by atoms with Crippen LogP contribution in [0.5, 0.6) is 0 Å². The summed E-state index contributed by atoms with van der Waals surface area (Å²) in [6.45, 7) is 1.53. The zero-order valence-corrected chi connectivity index (χ0v) is 9.68. The van der Waals surface area contributed by atoms with Crippen LogP contribution in [0.25, 0.3) is 0 Å². The van der Waals surface area contributed by atoms with Gasteiger partial charge >= 0.3 is 15.5 Å². The molecule has 0 aromatic rings.